The van der Waals surface area contributed by atoms with Crippen molar-refractivity contribution in [3.63, 3.8) is 0 Å². The van der Waals surface area contributed by atoms with Crippen LogP contribution in [0, 0.1) is 12.7 Å². The normalized spacial score (nSPS) is 11.7. The first-order valence-electron chi connectivity index (χ1n) is 8.17. The van der Waals surface area contributed by atoms with E-state index in [2.05, 4.69) is 47.9 Å². The van der Waals surface area contributed by atoms with Gasteiger partial charge in [-0.3, -0.25) is 0 Å². The van der Waals surface area contributed by atoms with E-state index in [4.69, 9.17) is 23.8 Å². The third-order valence-electron chi connectivity index (χ3n) is 3.96. The molecule has 0 aliphatic rings. The molecule has 2 N–H and O–H groups in total. The minimum atomic E-state index is -0.460. The van der Waals surface area contributed by atoms with Gasteiger partial charge in [-0.15, -0.1) is 0 Å². The maximum absolute atomic E-state index is 13.3. The summed E-state index contributed by atoms with van der Waals surface area (Å²) in [5, 5.41) is 6.89. The van der Waals surface area contributed by atoms with Crippen molar-refractivity contribution in [3.05, 3.63) is 100 Å². The summed E-state index contributed by atoms with van der Waals surface area (Å²) >= 11 is 11.3. The van der Waals surface area contributed by atoms with Crippen LogP contribution in [0.4, 0.5) is 10.1 Å². The lowest BCUT2D eigenvalue weighted by Gasteiger charge is -2.22. The summed E-state index contributed by atoms with van der Waals surface area (Å²) in [5.74, 6) is -0.460. The van der Waals surface area contributed by atoms with E-state index >= 15 is 0 Å². The second-order valence-electron chi connectivity index (χ2n) is 5.99. The molecule has 3 aromatic carbocycles. The highest BCUT2D eigenvalue weighted by molar-refractivity contribution is 7.80. The van der Waals surface area contributed by atoms with Crippen LogP contribution in [0.25, 0.3) is 0 Å². The number of rotatable bonds is 4. The zero-order valence-electron chi connectivity index (χ0n) is 14.2. The molecule has 0 aliphatic heterocycles. The van der Waals surface area contributed by atoms with E-state index in [1.165, 1.54) is 17.7 Å². The smallest absolute Gasteiger partial charge is 0.171 e. The fourth-order valence-electron chi connectivity index (χ4n) is 2.73. The number of anilines is 1. The largest absolute Gasteiger partial charge is 0.352 e. The van der Waals surface area contributed by atoms with Crippen molar-refractivity contribution >= 4 is 34.6 Å². The minimum absolute atomic E-state index is 0.0519. The molecule has 0 radical (unpaired) electrons. The van der Waals surface area contributed by atoms with Crippen LogP contribution in [0.15, 0.2) is 72.8 Å². The van der Waals surface area contributed by atoms with E-state index in [-0.39, 0.29) is 11.1 Å². The van der Waals surface area contributed by atoms with Gasteiger partial charge >= 0.3 is 0 Å². The number of aryl methyl sites for hydroxylation is 1. The first-order chi connectivity index (χ1) is 12.5. The van der Waals surface area contributed by atoms with Crippen LogP contribution >= 0.6 is 23.8 Å². The lowest BCUT2D eigenvalue weighted by atomic mass is 9.97. The molecule has 0 heterocycles. The van der Waals surface area contributed by atoms with Crippen molar-refractivity contribution < 1.29 is 4.39 Å². The first-order valence-corrected chi connectivity index (χ1v) is 8.95. The summed E-state index contributed by atoms with van der Waals surface area (Å²) in [7, 11) is 0. The van der Waals surface area contributed by atoms with Crippen LogP contribution in [-0.4, -0.2) is 5.11 Å². The van der Waals surface area contributed by atoms with Gasteiger partial charge in [0.1, 0.15) is 5.82 Å². The molecule has 132 valence electrons. The Bertz CT molecular complexity index is 915. The lowest BCUT2D eigenvalue weighted by Crippen LogP contribution is -2.33. The number of hydrogen-bond acceptors (Lipinski definition) is 1. The lowest BCUT2D eigenvalue weighted by molar-refractivity contribution is 0.628. The average Bonchev–Trinajstić information content (AvgIpc) is 2.63. The fraction of sp³-hybridized carbons (Fsp3) is 0.0952. The number of benzene rings is 3. The van der Waals surface area contributed by atoms with E-state index in [0.717, 1.165) is 11.1 Å². The molecule has 0 spiro atoms. The molecular weight excluding hydrogens is 367 g/mol. The van der Waals surface area contributed by atoms with E-state index in [0.29, 0.717) is 10.8 Å². The van der Waals surface area contributed by atoms with Gasteiger partial charge in [-0.1, -0.05) is 71.8 Å². The Morgan fingerprint density at radius 1 is 0.962 bits per heavy atom. The Kier molecular flexibility index (Phi) is 5.86. The first kappa shape index (κ1) is 18.4. The topological polar surface area (TPSA) is 24.1 Å². The monoisotopic (exact) mass is 384 g/mol. The Morgan fingerprint density at radius 2 is 1.69 bits per heavy atom. The molecule has 0 amide bonds. The van der Waals surface area contributed by atoms with Crippen molar-refractivity contribution in [3.8, 4) is 0 Å². The van der Waals surface area contributed by atoms with Gasteiger partial charge in [0.05, 0.1) is 11.1 Å². The second kappa shape index (κ2) is 8.30. The molecule has 0 saturated heterocycles. The summed E-state index contributed by atoms with van der Waals surface area (Å²) in [5.41, 5.74) is 4.01. The quantitative estimate of drug-likeness (QED) is 0.550. The van der Waals surface area contributed by atoms with E-state index in [1.807, 2.05) is 24.3 Å². The van der Waals surface area contributed by atoms with Crippen LogP contribution in [0.1, 0.15) is 22.7 Å². The van der Waals surface area contributed by atoms with Crippen molar-refractivity contribution in [2.45, 2.75) is 13.0 Å². The molecule has 2 nitrogen and oxygen atoms in total. The maximum Gasteiger partial charge on any atom is 0.171 e. The van der Waals surface area contributed by atoms with Crippen LogP contribution in [0.5, 0.6) is 0 Å². The molecule has 3 aromatic rings. The Hall–Kier alpha value is -2.43. The SMILES string of the molecule is Cc1cccc([C@@H](NC(=S)Nc2ccc(F)c(Cl)c2)c2ccccc2)c1. The second-order valence-corrected chi connectivity index (χ2v) is 6.80. The van der Waals surface area contributed by atoms with Gasteiger partial charge in [0, 0.05) is 5.69 Å². The molecule has 0 unspecified atom stereocenters. The number of nitrogens with one attached hydrogen (secondary N) is 2. The highest BCUT2D eigenvalue weighted by Crippen LogP contribution is 2.24. The van der Waals surface area contributed by atoms with Gasteiger partial charge in [0.25, 0.3) is 0 Å². The van der Waals surface area contributed by atoms with E-state index < -0.39 is 5.82 Å². The standard InChI is InChI=1S/C21H18ClFN2S/c1-14-6-5-9-16(12-14)20(15-7-3-2-4-8-15)25-21(26)24-17-10-11-19(23)18(22)13-17/h2-13,20H,1H3,(H2,24,25,26)/t20-/m0/s1. The fourth-order valence-corrected chi connectivity index (χ4v) is 3.14. The molecule has 0 saturated carbocycles. The zero-order chi connectivity index (χ0) is 18.5. The van der Waals surface area contributed by atoms with Crippen LogP contribution in [0.2, 0.25) is 5.02 Å². The van der Waals surface area contributed by atoms with Crippen LogP contribution in [0.3, 0.4) is 0 Å². The molecule has 0 aliphatic carbocycles. The minimum Gasteiger partial charge on any atom is -0.352 e. The average molecular weight is 385 g/mol. The van der Waals surface area contributed by atoms with Crippen molar-refractivity contribution in [1.82, 2.24) is 5.32 Å². The predicted octanol–water partition coefficient (Wildman–Crippen LogP) is 5.86. The van der Waals surface area contributed by atoms with Gasteiger partial charge in [0.2, 0.25) is 0 Å². The molecule has 0 fully saturated rings. The highest BCUT2D eigenvalue weighted by atomic mass is 35.5. The number of halogens is 2. The van der Waals surface area contributed by atoms with Crippen molar-refractivity contribution in [1.29, 1.82) is 0 Å². The molecule has 26 heavy (non-hydrogen) atoms. The molecule has 3 rings (SSSR count). The third kappa shape index (κ3) is 4.59. The van der Waals surface area contributed by atoms with Gasteiger partial charge in [-0.25, -0.2) is 4.39 Å². The summed E-state index contributed by atoms with van der Waals surface area (Å²) in [6.07, 6.45) is 0. The summed E-state index contributed by atoms with van der Waals surface area (Å²) in [4.78, 5) is 0. The van der Waals surface area contributed by atoms with E-state index in [1.54, 1.807) is 6.07 Å². The summed E-state index contributed by atoms with van der Waals surface area (Å²) in [6, 6.07) is 22.7. The van der Waals surface area contributed by atoms with Crippen LogP contribution < -0.4 is 10.6 Å². The van der Waals surface area contributed by atoms with Crippen molar-refractivity contribution in [2.24, 2.45) is 0 Å². The predicted molar refractivity (Wildman–Crippen MR) is 110 cm³/mol. The molecule has 1 atom stereocenters. The van der Waals surface area contributed by atoms with Crippen molar-refractivity contribution in [2.75, 3.05) is 5.32 Å². The third-order valence-corrected chi connectivity index (χ3v) is 4.47. The Morgan fingerprint density at radius 3 is 2.38 bits per heavy atom. The Balaban J connectivity index is 1.83. The van der Waals surface area contributed by atoms with Gasteiger partial charge in [-0.2, -0.15) is 0 Å². The maximum atomic E-state index is 13.3. The molecular formula is C21H18ClFN2S. The van der Waals surface area contributed by atoms with Gasteiger partial charge < -0.3 is 10.6 Å². The van der Waals surface area contributed by atoms with E-state index in [9.17, 15) is 4.39 Å². The zero-order valence-corrected chi connectivity index (χ0v) is 15.7. The molecule has 5 heteroatoms. The Labute approximate surface area is 163 Å². The molecule has 0 bridgehead atoms. The number of thiocarbonyl (C=S) groups is 1. The van der Waals surface area contributed by atoms with Crippen LogP contribution in [-0.2, 0) is 0 Å². The number of hydrogen-bond donors (Lipinski definition) is 2. The summed E-state index contributed by atoms with van der Waals surface area (Å²) < 4.78 is 13.3. The van der Waals surface area contributed by atoms with Gasteiger partial charge in [0.15, 0.2) is 5.11 Å². The van der Waals surface area contributed by atoms with Gasteiger partial charge in [-0.05, 0) is 48.5 Å². The highest BCUT2D eigenvalue weighted by Gasteiger charge is 2.15. The summed E-state index contributed by atoms with van der Waals surface area (Å²) in [6.45, 7) is 2.06. The molecule has 0 aromatic heterocycles.